The van der Waals surface area contributed by atoms with Gasteiger partial charge >= 0.3 is 0 Å². The van der Waals surface area contributed by atoms with Crippen LogP contribution in [0.15, 0.2) is 54.6 Å². The SMILES string of the molecule is CCCCNC(=O)c1cccc(C(=O)NCCc2ccccc2)c1. The first-order valence-electron chi connectivity index (χ1n) is 8.41. The second-order valence-electron chi connectivity index (χ2n) is 5.68. The van der Waals surface area contributed by atoms with Crippen LogP contribution in [-0.2, 0) is 6.42 Å². The molecule has 0 atom stereocenters. The Morgan fingerprint density at radius 1 is 0.833 bits per heavy atom. The van der Waals surface area contributed by atoms with Crippen LogP contribution in [0.3, 0.4) is 0 Å². The zero-order valence-electron chi connectivity index (χ0n) is 14.0. The quantitative estimate of drug-likeness (QED) is 0.733. The van der Waals surface area contributed by atoms with Crippen molar-refractivity contribution in [2.75, 3.05) is 13.1 Å². The Bertz CT molecular complexity index is 668. The van der Waals surface area contributed by atoms with Crippen LogP contribution in [0.25, 0.3) is 0 Å². The van der Waals surface area contributed by atoms with Crippen LogP contribution in [0.5, 0.6) is 0 Å². The van der Waals surface area contributed by atoms with Crippen molar-refractivity contribution < 1.29 is 9.59 Å². The highest BCUT2D eigenvalue weighted by atomic mass is 16.2. The van der Waals surface area contributed by atoms with Gasteiger partial charge in [0.1, 0.15) is 0 Å². The summed E-state index contributed by atoms with van der Waals surface area (Å²) in [5, 5.41) is 5.76. The molecule has 0 aliphatic heterocycles. The highest BCUT2D eigenvalue weighted by molar-refractivity contribution is 5.99. The van der Waals surface area contributed by atoms with Gasteiger partial charge in [0, 0.05) is 24.2 Å². The lowest BCUT2D eigenvalue weighted by Gasteiger charge is -2.08. The first-order valence-corrected chi connectivity index (χ1v) is 8.41. The van der Waals surface area contributed by atoms with Gasteiger partial charge in [-0.3, -0.25) is 9.59 Å². The fourth-order valence-electron chi connectivity index (χ4n) is 2.35. The van der Waals surface area contributed by atoms with E-state index in [-0.39, 0.29) is 11.8 Å². The first kappa shape index (κ1) is 17.7. The van der Waals surface area contributed by atoms with E-state index in [1.54, 1.807) is 24.3 Å². The maximum absolute atomic E-state index is 12.2. The highest BCUT2D eigenvalue weighted by Crippen LogP contribution is 2.06. The number of nitrogens with one attached hydrogen (secondary N) is 2. The molecule has 0 aliphatic rings. The first-order chi connectivity index (χ1) is 11.7. The average Bonchev–Trinajstić information content (AvgIpc) is 2.63. The van der Waals surface area contributed by atoms with E-state index in [0.717, 1.165) is 19.3 Å². The van der Waals surface area contributed by atoms with Gasteiger partial charge in [0.25, 0.3) is 11.8 Å². The third kappa shape index (κ3) is 5.54. The molecule has 2 rings (SSSR count). The van der Waals surface area contributed by atoms with Gasteiger partial charge in [0.2, 0.25) is 0 Å². The molecule has 0 spiro atoms. The fourth-order valence-corrected chi connectivity index (χ4v) is 2.35. The minimum atomic E-state index is -0.158. The molecule has 0 radical (unpaired) electrons. The van der Waals surface area contributed by atoms with E-state index in [2.05, 4.69) is 17.6 Å². The zero-order valence-corrected chi connectivity index (χ0v) is 14.0. The van der Waals surface area contributed by atoms with Gasteiger partial charge in [-0.15, -0.1) is 0 Å². The van der Waals surface area contributed by atoms with E-state index in [1.165, 1.54) is 5.56 Å². The summed E-state index contributed by atoms with van der Waals surface area (Å²) in [6.45, 7) is 3.30. The summed E-state index contributed by atoms with van der Waals surface area (Å²) < 4.78 is 0. The summed E-state index contributed by atoms with van der Waals surface area (Å²) in [6.07, 6.45) is 2.76. The molecule has 4 nitrogen and oxygen atoms in total. The van der Waals surface area contributed by atoms with Crippen LogP contribution in [-0.4, -0.2) is 24.9 Å². The van der Waals surface area contributed by atoms with Crippen LogP contribution >= 0.6 is 0 Å². The number of rotatable bonds is 8. The smallest absolute Gasteiger partial charge is 0.251 e. The van der Waals surface area contributed by atoms with Crippen LogP contribution in [0.1, 0.15) is 46.0 Å². The van der Waals surface area contributed by atoms with E-state index < -0.39 is 0 Å². The van der Waals surface area contributed by atoms with E-state index >= 15 is 0 Å². The molecule has 4 heteroatoms. The maximum atomic E-state index is 12.2. The number of carbonyl (C=O) groups is 2. The maximum Gasteiger partial charge on any atom is 0.251 e. The van der Waals surface area contributed by atoms with Crippen molar-refractivity contribution in [1.82, 2.24) is 10.6 Å². The van der Waals surface area contributed by atoms with E-state index in [0.29, 0.717) is 24.2 Å². The third-order valence-corrected chi connectivity index (χ3v) is 3.74. The predicted octanol–water partition coefficient (Wildman–Crippen LogP) is 3.19. The molecule has 24 heavy (non-hydrogen) atoms. The largest absolute Gasteiger partial charge is 0.352 e. The Morgan fingerprint density at radius 2 is 1.46 bits per heavy atom. The van der Waals surface area contributed by atoms with Crippen molar-refractivity contribution in [2.45, 2.75) is 26.2 Å². The van der Waals surface area contributed by atoms with Gasteiger partial charge < -0.3 is 10.6 Å². The lowest BCUT2D eigenvalue weighted by Crippen LogP contribution is -2.27. The van der Waals surface area contributed by atoms with Crippen molar-refractivity contribution >= 4 is 11.8 Å². The third-order valence-electron chi connectivity index (χ3n) is 3.74. The monoisotopic (exact) mass is 324 g/mol. The van der Waals surface area contributed by atoms with Crippen LogP contribution in [0, 0.1) is 0 Å². The predicted molar refractivity (Wildman–Crippen MR) is 96.2 cm³/mol. The Kier molecular flexibility index (Phi) is 7.02. The average molecular weight is 324 g/mol. The lowest BCUT2D eigenvalue weighted by atomic mass is 10.1. The van der Waals surface area contributed by atoms with Gasteiger partial charge in [0.05, 0.1) is 0 Å². The number of carbonyl (C=O) groups excluding carboxylic acids is 2. The number of hydrogen-bond acceptors (Lipinski definition) is 2. The molecule has 2 aromatic carbocycles. The molecule has 0 bridgehead atoms. The molecule has 0 aromatic heterocycles. The molecule has 2 aromatic rings. The van der Waals surface area contributed by atoms with Gasteiger partial charge in [0.15, 0.2) is 0 Å². The molecule has 0 heterocycles. The summed E-state index contributed by atoms with van der Waals surface area (Å²) in [5.74, 6) is -0.295. The molecule has 0 saturated heterocycles. The van der Waals surface area contributed by atoms with Crippen molar-refractivity contribution in [3.05, 3.63) is 71.3 Å². The van der Waals surface area contributed by atoms with Gasteiger partial charge in [-0.25, -0.2) is 0 Å². The molecular weight excluding hydrogens is 300 g/mol. The van der Waals surface area contributed by atoms with Crippen LogP contribution in [0.2, 0.25) is 0 Å². The number of unbranched alkanes of at least 4 members (excludes halogenated alkanes) is 1. The normalized spacial score (nSPS) is 10.2. The standard InChI is InChI=1S/C20H24N2O2/c1-2-3-13-21-19(23)17-10-7-11-18(15-17)20(24)22-14-12-16-8-5-4-6-9-16/h4-11,15H,2-3,12-14H2,1H3,(H,21,23)(H,22,24). The molecule has 2 amide bonds. The summed E-state index contributed by atoms with van der Waals surface area (Å²) in [5.41, 5.74) is 2.20. The van der Waals surface area contributed by atoms with Gasteiger partial charge in [-0.1, -0.05) is 49.7 Å². The van der Waals surface area contributed by atoms with Crippen LogP contribution < -0.4 is 10.6 Å². The fraction of sp³-hybridized carbons (Fsp3) is 0.300. The van der Waals surface area contributed by atoms with E-state index in [1.807, 2.05) is 30.3 Å². The van der Waals surface area contributed by atoms with Gasteiger partial charge in [-0.2, -0.15) is 0 Å². The van der Waals surface area contributed by atoms with Crippen molar-refractivity contribution in [2.24, 2.45) is 0 Å². The Labute approximate surface area is 143 Å². The van der Waals surface area contributed by atoms with Crippen LogP contribution in [0.4, 0.5) is 0 Å². The second kappa shape index (κ2) is 9.50. The zero-order chi connectivity index (χ0) is 17.2. The molecular formula is C20H24N2O2. The highest BCUT2D eigenvalue weighted by Gasteiger charge is 2.09. The number of hydrogen-bond donors (Lipinski definition) is 2. The summed E-state index contributed by atoms with van der Waals surface area (Å²) in [4.78, 5) is 24.3. The lowest BCUT2D eigenvalue weighted by molar-refractivity contribution is 0.0952. The van der Waals surface area contributed by atoms with Crippen molar-refractivity contribution in [1.29, 1.82) is 0 Å². The second-order valence-corrected chi connectivity index (χ2v) is 5.68. The van der Waals surface area contributed by atoms with E-state index in [4.69, 9.17) is 0 Å². The molecule has 0 aliphatic carbocycles. The molecule has 2 N–H and O–H groups in total. The molecule has 0 saturated carbocycles. The van der Waals surface area contributed by atoms with Crippen molar-refractivity contribution in [3.63, 3.8) is 0 Å². The topological polar surface area (TPSA) is 58.2 Å². The molecule has 0 fully saturated rings. The molecule has 126 valence electrons. The Balaban J connectivity index is 1.87. The van der Waals surface area contributed by atoms with Crippen molar-refractivity contribution in [3.8, 4) is 0 Å². The Morgan fingerprint density at radius 3 is 2.08 bits per heavy atom. The number of benzene rings is 2. The van der Waals surface area contributed by atoms with Gasteiger partial charge in [-0.05, 0) is 36.6 Å². The minimum absolute atomic E-state index is 0.137. The molecule has 0 unspecified atom stereocenters. The minimum Gasteiger partial charge on any atom is -0.352 e. The summed E-state index contributed by atoms with van der Waals surface area (Å²) >= 11 is 0. The Hall–Kier alpha value is -2.62. The number of amides is 2. The van der Waals surface area contributed by atoms with E-state index in [9.17, 15) is 9.59 Å². The summed E-state index contributed by atoms with van der Waals surface area (Å²) in [7, 11) is 0. The summed E-state index contributed by atoms with van der Waals surface area (Å²) in [6, 6.07) is 16.8.